The first-order chi connectivity index (χ1) is 4.20. The van der Waals surface area contributed by atoms with Gasteiger partial charge in [-0.2, -0.15) is 0 Å². The molecule has 1 aliphatic rings. The second-order valence-electron chi connectivity index (χ2n) is 1.93. The van der Waals surface area contributed by atoms with Crippen molar-refractivity contribution in [3.63, 3.8) is 0 Å². The monoisotopic (exact) mass is 131 g/mol. The first-order valence-corrected chi connectivity index (χ1v) is 2.65. The number of alkyl halides is 1. The number of allylic oxidation sites excluding steroid dienone is 2. The van der Waals surface area contributed by atoms with E-state index in [9.17, 15) is 8.78 Å². The second-order valence-corrected chi connectivity index (χ2v) is 1.93. The van der Waals surface area contributed by atoms with E-state index in [1.165, 1.54) is 12.2 Å². The lowest BCUT2D eigenvalue weighted by Gasteiger charge is -2.11. The number of hydrogen-bond acceptors (Lipinski definition) is 1. The normalized spacial score (nSPS) is 34.3. The third-order valence-electron chi connectivity index (χ3n) is 1.16. The van der Waals surface area contributed by atoms with Crippen molar-refractivity contribution in [1.82, 2.24) is 0 Å². The summed E-state index contributed by atoms with van der Waals surface area (Å²) in [6.45, 7) is 0. The minimum Gasteiger partial charge on any atom is -0.322 e. The van der Waals surface area contributed by atoms with Gasteiger partial charge in [-0.05, 0) is 12.2 Å². The van der Waals surface area contributed by atoms with Crippen LogP contribution >= 0.6 is 0 Å². The van der Waals surface area contributed by atoms with Crippen LogP contribution in [0.25, 0.3) is 0 Å². The first-order valence-electron chi connectivity index (χ1n) is 2.65. The third kappa shape index (κ3) is 1.36. The highest BCUT2D eigenvalue weighted by Gasteiger charge is 2.15. The predicted molar refractivity (Wildman–Crippen MR) is 31.2 cm³/mol. The molecule has 50 valence electrons. The largest absolute Gasteiger partial charge is 0.322 e. The molecule has 0 radical (unpaired) electrons. The van der Waals surface area contributed by atoms with E-state index in [0.717, 1.165) is 6.08 Å². The summed E-state index contributed by atoms with van der Waals surface area (Å²) in [5, 5.41) is 0. The molecule has 9 heavy (non-hydrogen) atoms. The number of hydrogen-bond donors (Lipinski definition) is 1. The summed E-state index contributed by atoms with van der Waals surface area (Å²) in [5.41, 5.74) is 5.17. The molecule has 0 aromatic rings. The Balaban J connectivity index is 2.70. The zero-order chi connectivity index (χ0) is 6.85. The van der Waals surface area contributed by atoms with E-state index in [4.69, 9.17) is 5.73 Å². The number of nitrogens with two attached hydrogens (primary N) is 1. The van der Waals surface area contributed by atoms with Crippen LogP contribution in [0.3, 0.4) is 0 Å². The molecule has 2 N–H and O–H groups in total. The molecule has 0 bridgehead atoms. The van der Waals surface area contributed by atoms with E-state index in [1.807, 2.05) is 0 Å². The summed E-state index contributed by atoms with van der Waals surface area (Å²) < 4.78 is 24.4. The summed E-state index contributed by atoms with van der Waals surface area (Å²) in [5.74, 6) is -0.552. The Kier molecular flexibility index (Phi) is 1.62. The van der Waals surface area contributed by atoms with Crippen molar-refractivity contribution in [1.29, 1.82) is 0 Å². The molecular weight excluding hydrogens is 124 g/mol. The Bertz CT molecular complexity index is 162. The van der Waals surface area contributed by atoms with Crippen molar-refractivity contribution < 1.29 is 8.78 Å². The predicted octanol–water partition coefficient (Wildman–Crippen LogP) is 1.08. The first kappa shape index (κ1) is 6.42. The molecule has 1 rings (SSSR count). The van der Waals surface area contributed by atoms with Gasteiger partial charge in [-0.15, -0.1) is 0 Å². The van der Waals surface area contributed by atoms with Gasteiger partial charge in [-0.25, -0.2) is 8.78 Å². The van der Waals surface area contributed by atoms with Gasteiger partial charge in [0.2, 0.25) is 0 Å². The maximum atomic E-state index is 12.3. The zero-order valence-electron chi connectivity index (χ0n) is 4.72. The Labute approximate surface area is 51.8 Å². The quantitative estimate of drug-likeness (QED) is 0.523. The molecular formula is C6H7F2N. The van der Waals surface area contributed by atoms with Crippen molar-refractivity contribution in [3.8, 4) is 0 Å². The Morgan fingerprint density at radius 1 is 1.56 bits per heavy atom. The van der Waals surface area contributed by atoms with Crippen LogP contribution in [0.5, 0.6) is 0 Å². The highest BCUT2D eigenvalue weighted by Crippen LogP contribution is 2.12. The SMILES string of the molecule is NC1C=CC(F)=CC1F. The smallest absolute Gasteiger partial charge is 0.140 e. The highest BCUT2D eigenvalue weighted by atomic mass is 19.1. The molecule has 0 saturated carbocycles. The lowest BCUT2D eigenvalue weighted by atomic mass is 10.1. The van der Waals surface area contributed by atoms with Gasteiger partial charge < -0.3 is 5.73 Å². The standard InChI is InChI=1S/C6H7F2N/c7-4-1-2-6(9)5(8)3-4/h1-3,5-6H,9H2. The summed E-state index contributed by atoms with van der Waals surface area (Å²) in [6.07, 6.45) is 1.97. The van der Waals surface area contributed by atoms with Crippen molar-refractivity contribution in [2.45, 2.75) is 12.2 Å². The Morgan fingerprint density at radius 3 is 2.67 bits per heavy atom. The van der Waals surface area contributed by atoms with Crippen molar-refractivity contribution in [3.05, 3.63) is 24.1 Å². The van der Waals surface area contributed by atoms with Gasteiger partial charge in [0.15, 0.2) is 0 Å². The van der Waals surface area contributed by atoms with E-state index >= 15 is 0 Å². The molecule has 1 nitrogen and oxygen atoms in total. The van der Waals surface area contributed by atoms with Gasteiger partial charge >= 0.3 is 0 Å². The Morgan fingerprint density at radius 2 is 2.22 bits per heavy atom. The average molecular weight is 131 g/mol. The lowest BCUT2D eigenvalue weighted by molar-refractivity contribution is 0.360. The lowest BCUT2D eigenvalue weighted by Crippen LogP contribution is -2.29. The van der Waals surface area contributed by atoms with Crippen LogP contribution in [0.1, 0.15) is 0 Å². The van der Waals surface area contributed by atoms with Gasteiger partial charge in [-0.1, -0.05) is 6.08 Å². The summed E-state index contributed by atoms with van der Waals surface area (Å²) in [6, 6.07) is -0.676. The van der Waals surface area contributed by atoms with Gasteiger partial charge in [-0.3, -0.25) is 0 Å². The third-order valence-corrected chi connectivity index (χ3v) is 1.16. The minimum absolute atomic E-state index is 0.552. The van der Waals surface area contributed by atoms with E-state index in [1.54, 1.807) is 0 Å². The fourth-order valence-electron chi connectivity index (χ4n) is 0.628. The van der Waals surface area contributed by atoms with Crippen molar-refractivity contribution >= 4 is 0 Å². The van der Waals surface area contributed by atoms with Crippen LogP contribution < -0.4 is 5.73 Å². The van der Waals surface area contributed by atoms with Crippen molar-refractivity contribution in [2.75, 3.05) is 0 Å². The summed E-state index contributed by atoms with van der Waals surface area (Å²) in [7, 11) is 0. The Hall–Kier alpha value is -0.700. The molecule has 3 heteroatoms. The molecule has 0 spiro atoms. The molecule has 0 saturated heterocycles. The maximum absolute atomic E-state index is 12.3. The number of halogens is 2. The molecule has 1 aliphatic carbocycles. The van der Waals surface area contributed by atoms with E-state index < -0.39 is 18.0 Å². The molecule has 0 aromatic carbocycles. The van der Waals surface area contributed by atoms with Crippen LogP contribution in [0, 0.1) is 0 Å². The van der Waals surface area contributed by atoms with Gasteiger partial charge in [0.1, 0.15) is 12.0 Å². The fraction of sp³-hybridized carbons (Fsp3) is 0.333. The van der Waals surface area contributed by atoms with Crippen LogP contribution in [0.4, 0.5) is 8.78 Å². The van der Waals surface area contributed by atoms with Crippen LogP contribution in [-0.2, 0) is 0 Å². The molecule has 0 aliphatic heterocycles. The van der Waals surface area contributed by atoms with Crippen molar-refractivity contribution in [2.24, 2.45) is 5.73 Å². The van der Waals surface area contributed by atoms with Gasteiger partial charge in [0.05, 0.1) is 6.04 Å². The summed E-state index contributed by atoms with van der Waals surface area (Å²) in [4.78, 5) is 0. The molecule has 2 atom stereocenters. The molecule has 0 heterocycles. The topological polar surface area (TPSA) is 26.0 Å². The summed E-state index contributed by atoms with van der Waals surface area (Å²) >= 11 is 0. The van der Waals surface area contributed by atoms with Crippen LogP contribution in [0.15, 0.2) is 24.1 Å². The second kappa shape index (κ2) is 2.27. The van der Waals surface area contributed by atoms with Gasteiger partial charge in [0.25, 0.3) is 0 Å². The molecule has 0 aromatic heterocycles. The van der Waals surface area contributed by atoms with E-state index in [-0.39, 0.29) is 0 Å². The zero-order valence-corrected chi connectivity index (χ0v) is 4.72. The number of rotatable bonds is 0. The maximum Gasteiger partial charge on any atom is 0.140 e. The molecule has 2 unspecified atom stereocenters. The fourth-order valence-corrected chi connectivity index (χ4v) is 0.628. The molecule has 0 amide bonds. The van der Waals surface area contributed by atoms with Crippen LogP contribution in [0.2, 0.25) is 0 Å². The minimum atomic E-state index is -1.37. The van der Waals surface area contributed by atoms with E-state index in [0.29, 0.717) is 0 Å². The van der Waals surface area contributed by atoms with Crippen LogP contribution in [-0.4, -0.2) is 12.2 Å². The van der Waals surface area contributed by atoms with E-state index in [2.05, 4.69) is 0 Å². The highest BCUT2D eigenvalue weighted by molar-refractivity contribution is 5.22. The van der Waals surface area contributed by atoms with Gasteiger partial charge in [0, 0.05) is 0 Å². The average Bonchev–Trinajstić information content (AvgIpc) is 1.80. The molecule has 0 fully saturated rings.